The number of benzene rings is 2. The first kappa shape index (κ1) is 25.2. The summed E-state index contributed by atoms with van der Waals surface area (Å²) in [4.78, 5) is 34.3. The molecule has 0 radical (unpaired) electrons. The van der Waals surface area contributed by atoms with Gasteiger partial charge in [-0.3, -0.25) is 14.5 Å². The maximum absolute atomic E-state index is 12.9. The molecule has 2 aromatic carbocycles. The van der Waals surface area contributed by atoms with Crippen LogP contribution in [0.1, 0.15) is 58.2 Å². The van der Waals surface area contributed by atoms with E-state index in [-0.39, 0.29) is 23.8 Å². The number of hydrogen-bond donors (Lipinski definition) is 1. The Morgan fingerprint density at radius 2 is 1.59 bits per heavy atom. The monoisotopic (exact) mass is 512 g/mol. The van der Waals surface area contributed by atoms with Gasteiger partial charge >= 0.3 is 0 Å². The highest BCUT2D eigenvalue weighted by molar-refractivity contribution is 7.09. The first-order valence-corrected chi connectivity index (χ1v) is 13.9. The Morgan fingerprint density at radius 3 is 2.30 bits per heavy atom. The molecular formula is C30H32N4O2S. The van der Waals surface area contributed by atoms with Gasteiger partial charge in [-0.25, -0.2) is 4.98 Å². The fourth-order valence-electron chi connectivity index (χ4n) is 4.97. The molecule has 190 valence electrons. The van der Waals surface area contributed by atoms with Gasteiger partial charge in [0.05, 0.1) is 5.01 Å². The molecule has 0 atom stereocenters. The van der Waals surface area contributed by atoms with Gasteiger partial charge in [-0.2, -0.15) is 0 Å². The van der Waals surface area contributed by atoms with Crippen molar-refractivity contribution >= 4 is 23.2 Å². The zero-order valence-electron chi connectivity index (χ0n) is 20.9. The van der Waals surface area contributed by atoms with E-state index in [0.717, 1.165) is 55.9 Å². The highest BCUT2D eigenvalue weighted by Gasteiger charge is 2.27. The molecule has 7 heteroatoms. The number of nitrogens with zero attached hydrogens (tertiary/aromatic N) is 3. The van der Waals surface area contributed by atoms with Crippen LogP contribution < -0.4 is 5.32 Å². The minimum Gasteiger partial charge on any atom is -0.348 e. The quantitative estimate of drug-likeness (QED) is 0.518. The molecule has 2 aliphatic rings. The molecule has 37 heavy (non-hydrogen) atoms. The number of likely N-dealkylation sites (tertiary alicyclic amines) is 2. The van der Waals surface area contributed by atoms with E-state index in [1.165, 1.54) is 5.56 Å². The zero-order valence-corrected chi connectivity index (χ0v) is 21.8. The number of thiazole rings is 1. The standard InChI is InChI=1S/C30H32N4O2S/c35-28(12-11-23-7-3-1-4-8-23)34-19-13-25(14-20-34)30-32-27(22-37-30)29(36)31-26-15-17-33(18-16-26)21-24-9-5-2-6-10-24/h1-10,22,25-26H,13-21H2,(H,31,36). The van der Waals surface area contributed by atoms with Crippen LogP contribution in [0.15, 0.2) is 66.0 Å². The van der Waals surface area contributed by atoms with E-state index in [2.05, 4.69) is 51.3 Å². The van der Waals surface area contributed by atoms with Gasteiger partial charge in [0.15, 0.2) is 0 Å². The summed E-state index contributed by atoms with van der Waals surface area (Å²) in [5, 5.41) is 6.06. The van der Waals surface area contributed by atoms with Crippen LogP contribution in [0.2, 0.25) is 0 Å². The molecule has 6 nitrogen and oxygen atoms in total. The zero-order chi connectivity index (χ0) is 25.5. The number of nitrogens with one attached hydrogen (secondary N) is 1. The maximum atomic E-state index is 12.9. The third-order valence-corrected chi connectivity index (χ3v) is 8.15. The number of rotatable bonds is 5. The summed E-state index contributed by atoms with van der Waals surface area (Å²) in [7, 11) is 0. The number of hydrogen-bond acceptors (Lipinski definition) is 5. The molecule has 2 aliphatic heterocycles. The Balaban J connectivity index is 1.07. The van der Waals surface area contributed by atoms with Crippen molar-refractivity contribution in [2.45, 2.75) is 44.2 Å². The lowest BCUT2D eigenvalue weighted by Crippen LogP contribution is -2.44. The minimum absolute atomic E-state index is 0.0761. The van der Waals surface area contributed by atoms with Crippen LogP contribution in [0.5, 0.6) is 0 Å². The third-order valence-electron chi connectivity index (χ3n) is 7.15. The molecule has 0 aliphatic carbocycles. The van der Waals surface area contributed by atoms with Gasteiger partial charge in [-0.1, -0.05) is 54.5 Å². The van der Waals surface area contributed by atoms with Gasteiger partial charge < -0.3 is 10.2 Å². The summed E-state index contributed by atoms with van der Waals surface area (Å²) in [6.07, 6.45) is 3.59. The minimum atomic E-state index is -0.128. The molecule has 5 rings (SSSR count). The molecule has 0 spiro atoms. The summed E-state index contributed by atoms with van der Waals surface area (Å²) in [6.45, 7) is 4.25. The molecule has 0 unspecified atom stereocenters. The fourth-order valence-corrected chi connectivity index (χ4v) is 5.94. The highest BCUT2D eigenvalue weighted by atomic mass is 32.1. The molecule has 2 fully saturated rings. The summed E-state index contributed by atoms with van der Waals surface area (Å²) < 4.78 is 0. The second-order valence-electron chi connectivity index (χ2n) is 9.76. The number of carbonyl (C=O) groups excluding carboxylic acids is 2. The molecular weight excluding hydrogens is 480 g/mol. The topological polar surface area (TPSA) is 65.5 Å². The van der Waals surface area contributed by atoms with Crippen molar-refractivity contribution < 1.29 is 9.59 Å². The van der Waals surface area contributed by atoms with Crippen LogP contribution in [-0.4, -0.2) is 58.8 Å². The number of piperidine rings is 2. The van der Waals surface area contributed by atoms with E-state index >= 15 is 0 Å². The van der Waals surface area contributed by atoms with Crippen molar-refractivity contribution in [2.75, 3.05) is 26.2 Å². The molecule has 0 bridgehead atoms. The van der Waals surface area contributed by atoms with Gasteiger partial charge in [0.2, 0.25) is 0 Å². The number of aromatic nitrogens is 1. The smallest absolute Gasteiger partial charge is 0.298 e. The lowest BCUT2D eigenvalue weighted by Gasteiger charge is -2.32. The molecule has 0 saturated carbocycles. The maximum Gasteiger partial charge on any atom is 0.298 e. The predicted molar refractivity (Wildman–Crippen MR) is 146 cm³/mol. The van der Waals surface area contributed by atoms with Gasteiger partial charge in [0, 0.05) is 61.5 Å². The summed E-state index contributed by atoms with van der Waals surface area (Å²) in [5.41, 5.74) is 2.69. The van der Waals surface area contributed by atoms with E-state index in [0.29, 0.717) is 18.8 Å². The second kappa shape index (κ2) is 12.2. The van der Waals surface area contributed by atoms with Crippen LogP contribution in [0.25, 0.3) is 0 Å². The van der Waals surface area contributed by atoms with Crippen molar-refractivity contribution in [3.63, 3.8) is 0 Å². The lowest BCUT2D eigenvalue weighted by atomic mass is 9.97. The Labute approximate surface area is 222 Å². The molecule has 1 aromatic heterocycles. The number of amides is 2. The lowest BCUT2D eigenvalue weighted by molar-refractivity contribution is -0.126. The second-order valence-corrected chi connectivity index (χ2v) is 10.7. The van der Waals surface area contributed by atoms with Crippen LogP contribution in [-0.2, 0) is 11.3 Å². The third kappa shape index (κ3) is 6.85. The Morgan fingerprint density at radius 1 is 0.919 bits per heavy atom. The molecule has 3 heterocycles. The van der Waals surface area contributed by atoms with Crippen LogP contribution in [0, 0.1) is 11.8 Å². The molecule has 3 aromatic rings. The van der Waals surface area contributed by atoms with Crippen molar-refractivity contribution in [3.8, 4) is 11.8 Å². The van der Waals surface area contributed by atoms with E-state index in [4.69, 9.17) is 0 Å². The van der Waals surface area contributed by atoms with Crippen molar-refractivity contribution in [1.29, 1.82) is 0 Å². The average molecular weight is 513 g/mol. The SMILES string of the molecule is O=C(NC1CCN(Cc2ccccc2)CC1)c1csc(C2CCN(C(=O)C#Cc3ccccc3)CC2)n1. The van der Waals surface area contributed by atoms with E-state index in [1.54, 1.807) is 11.3 Å². The van der Waals surface area contributed by atoms with Gasteiger partial charge in [-0.15, -0.1) is 11.3 Å². The van der Waals surface area contributed by atoms with Crippen molar-refractivity contribution in [2.24, 2.45) is 0 Å². The van der Waals surface area contributed by atoms with E-state index < -0.39 is 0 Å². The highest BCUT2D eigenvalue weighted by Crippen LogP contribution is 2.30. The van der Waals surface area contributed by atoms with Gasteiger partial charge in [0.1, 0.15) is 5.69 Å². The summed E-state index contributed by atoms with van der Waals surface area (Å²) in [5.74, 6) is 5.78. The summed E-state index contributed by atoms with van der Waals surface area (Å²) >= 11 is 1.55. The first-order valence-electron chi connectivity index (χ1n) is 13.0. The van der Waals surface area contributed by atoms with E-state index in [9.17, 15) is 9.59 Å². The van der Waals surface area contributed by atoms with Gasteiger partial charge in [-0.05, 0) is 43.4 Å². The first-order chi connectivity index (χ1) is 18.1. The average Bonchev–Trinajstić information content (AvgIpc) is 3.45. The Hall–Kier alpha value is -3.47. The fraction of sp³-hybridized carbons (Fsp3) is 0.367. The molecule has 1 N–H and O–H groups in total. The van der Waals surface area contributed by atoms with Crippen molar-refractivity contribution in [3.05, 3.63) is 87.9 Å². The summed E-state index contributed by atoms with van der Waals surface area (Å²) in [6, 6.07) is 20.3. The largest absolute Gasteiger partial charge is 0.348 e. The molecule has 2 amide bonds. The van der Waals surface area contributed by atoms with Crippen LogP contribution in [0.4, 0.5) is 0 Å². The van der Waals surface area contributed by atoms with Crippen LogP contribution >= 0.6 is 11.3 Å². The molecule has 2 saturated heterocycles. The Bertz CT molecular complexity index is 1250. The van der Waals surface area contributed by atoms with Crippen LogP contribution in [0.3, 0.4) is 0 Å². The Kier molecular flexibility index (Phi) is 8.29. The number of carbonyl (C=O) groups is 2. The van der Waals surface area contributed by atoms with Gasteiger partial charge in [0.25, 0.3) is 11.8 Å². The van der Waals surface area contributed by atoms with E-state index in [1.807, 2.05) is 46.7 Å². The predicted octanol–water partition coefficient (Wildman–Crippen LogP) is 4.30. The van der Waals surface area contributed by atoms with Crippen molar-refractivity contribution in [1.82, 2.24) is 20.1 Å². The normalized spacial score (nSPS) is 17.1.